The molecule has 2 heterocycles. The molecule has 0 aromatic heterocycles. The summed E-state index contributed by atoms with van der Waals surface area (Å²) in [4.78, 5) is 2.52. The Labute approximate surface area is 278 Å². The van der Waals surface area contributed by atoms with Gasteiger partial charge in [0.2, 0.25) is 0 Å². The smallest absolute Gasteiger partial charge is 0.178 e. The van der Waals surface area contributed by atoms with Gasteiger partial charge in [0.1, 0.15) is 5.75 Å². The summed E-state index contributed by atoms with van der Waals surface area (Å²) in [5.41, 5.74) is 11.7. The molecule has 1 unspecified atom stereocenters. The zero-order chi connectivity index (χ0) is 31.6. The van der Waals surface area contributed by atoms with Crippen LogP contribution in [0.25, 0.3) is 39.1 Å². The van der Waals surface area contributed by atoms with Gasteiger partial charge < -0.3 is 9.64 Å². The fourth-order valence-corrected chi connectivity index (χ4v) is 8.48. The molecule has 2 nitrogen and oxygen atoms in total. The lowest BCUT2D eigenvalue weighted by Gasteiger charge is -2.38. The van der Waals surface area contributed by atoms with E-state index in [1.54, 1.807) is 0 Å². The van der Waals surface area contributed by atoms with E-state index in [4.69, 9.17) is 4.74 Å². The highest BCUT2D eigenvalue weighted by Crippen LogP contribution is 2.58. The molecule has 1 saturated heterocycles. The molecule has 6 aromatic rings. The molecule has 2 aliphatic heterocycles. The third kappa shape index (κ3) is 4.31. The molecule has 0 radical (unpaired) electrons. The lowest BCUT2D eigenvalue weighted by molar-refractivity contribution is 0.163. The van der Waals surface area contributed by atoms with Crippen molar-refractivity contribution < 1.29 is 4.74 Å². The zero-order valence-corrected chi connectivity index (χ0v) is 27.2. The molecule has 0 saturated carbocycles. The molecule has 1 atom stereocenters. The van der Waals surface area contributed by atoms with Crippen molar-refractivity contribution in [3.63, 3.8) is 0 Å². The molecular weight excluding hydrogens is 571 g/mol. The van der Waals surface area contributed by atoms with Gasteiger partial charge in [-0.1, -0.05) is 129 Å². The first kappa shape index (κ1) is 28.2. The van der Waals surface area contributed by atoms with E-state index in [2.05, 4.69) is 158 Å². The van der Waals surface area contributed by atoms with Gasteiger partial charge in [-0.25, -0.2) is 0 Å². The van der Waals surface area contributed by atoms with Crippen molar-refractivity contribution in [1.29, 1.82) is 0 Å². The Balaban J connectivity index is 1.23. The molecule has 47 heavy (non-hydrogen) atoms. The third-order valence-electron chi connectivity index (χ3n) is 10.9. The maximum absolute atomic E-state index is 7.50. The SMILES string of the molecule is CC1(C)c2cc(-c3ccccc3)ccc2-c2c1c1c(c3ccccc23)OC(c2ccccc2)(c2ccc(N3CCCCC3)cc2)C=C1. The average Bonchev–Trinajstić information content (AvgIpc) is 3.39. The topological polar surface area (TPSA) is 12.5 Å². The van der Waals surface area contributed by atoms with E-state index >= 15 is 0 Å². The van der Waals surface area contributed by atoms with Crippen LogP contribution in [0.15, 0.2) is 133 Å². The lowest BCUT2D eigenvalue weighted by Crippen LogP contribution is -2.35. The van der Waals surface area contributed by atoms with Gasteiger partial charge in [-0.15, -0.1) is 0 Å². The van der Waals surface area contributed by atoms with E-state index in [9.17, 15) is 0 Å². The fraction of sp³-hybridized carbons (Fsp3) is 0.200. The number of hydrogen-bond donors (Lipinski definition) is 0. The van der Waals surface area contributed by atoms with Crippen molar-refractivity contribution in [2.75, 3.05) is 18.0 Å². The number of rotatable bonds is 4. The fourth-order valence-electron chi connectivity index (χ4n) is 8.48. The second kappa shape index (κ2) is 10.7. The van der Waals surface area contributed by atoms with E-state index < -0.39 is 5.60 Å². The number of hydrogen-bond acceptors (Lipinski definition) is 2. The van der Waals surface area contributed by atoms with Crippen LogP contribution in [0.3, 0.4) is 0 Å². The third-order valence-corrected chi connectivity index (χ3v) is 10.9. The van der Waals surface area contributed by atoms with Gasteiger partial charge in [0.05, 0.1) is 0 Å². The van der Waals surface area contributed by atoms with Gasteiger partial charge in [0.15, 0.2) is 5.60 Å². The standard InChI is InChI=1S/C45H39NO/c1-44(2)40-30-32(31-14-6-3-7-15-31)20-25-38(40)41-36-18-10-11-19-37(36)43-39(42(41)44)26-27-45(47-43,33-16-8-4-9-17-33)34-21-23-35(24-22-34)46-28-12-5-13-29-46/h3-4,6-11,14-27,30H,5,12-13,28-29H2,1-2H3. The molecule has 0 bridgehead atoms. The quantitative estimate of drug-likeness (QED) is 0.197. The normalized spacial score (nSPS) is 19.1. The van der Waals surface area contributed by atoms with Crippen LogP contribution in [0.4, 0.5) is 5.69 Å². The summed E-state index contributed by atoms with van der Waals surface area (Å²) >= 11 is 0. The Bertz CT molecular complexity index is 2150. The minimum absolute atomic E-state index is 0.208. The average molecular weight is 610 g/mol. The maximum Gasteiger partial charge on any atom is 0.178 e. The van der Waals surface area contributed by atoms with Crippen LogP contribution in [0.1, 0.15) is 60.9 Å². The summed E-state index contributed by atoms with van der Waals surface area (Å²) in [5.74, 6) is 0.968. The van der Waals surface area contributed by atoms with Crippen LogP contribution in [-0.4, -0.2) is 13.1 Å². The molecule has 0 amide bonds. The molecule has 230 valence electrons. The second-order valence-corrected chi connectivity index (χ2v) is 13.9. The highest BCUT2D eigenvalue weighted by atomic mass is 16.5. The molecular formula is C45H39NO. The summed E-state index contributed by atoms with van der Waals surface area (Å²) in [6, 6.07) is 46.5. The molecule has 0 spiro atoms. The number of anilines is 1. The van der Waals surface area contributed by atoms with Crippen molar-refractivity contribution in [2.45, 2.75) is 44.1 Å². The zero-order valence-electron chi connectivity index (χ0n) is 27.2. The first-order valence-electron chi connectivity index (χ1n) is 17.1. The highest BCUT2D eigenvalue weighted by Gasteiger charge is 2.44. The highest BCUT2D eigenvalue weighted by molar-refractivity contribution is 6.08. The second-order valence-electron chi connectivity index (χ2n) is 13.9. The number of benzene rings is 6. The Kier molecular flexibility index (Phi) is 6.44. The van der Waals surface area contributed by atoms with Gasteiger partial charge in [0, 0.05) is 46.3 Å². The van der Waals surface area contributed by atoms with Gasteiger partial charge in [0.25, 0.3) is 0 Å². The van der Waals surface area contributed by atoms with Crippen LogP contribution in [0.5, 0.6) is 5.75 Å². The minimum Gasteiger partial charge on any atom is -0.472 e. The first-order chi connectivity index (χ1) is 23.0. The number of nitrogens with zero attached hydrogens (tertiary/aromatic N) is 1. The minimum atomic E-state index is -0.748. The van der Waals surface area contributed by atoms with Gasteiger partial charge in [-0.05, 0) is 82.3 Å². The van der Waals surface area contributed by atoms with Crippen LogP contribution < -0.4 is 9.64 Å². The Morgan fingerprint density at radius 3 is 2.02 bits per heavy atom. The molecule has 9 rings (SSSR count). The van der Waals surface area contributed by atoms with Gasteiger partial charge >= 0.3 is 0 Å². The van der Waals surface area contributed by atoms with E-state index in [1.807, 2.05) is 0 Å². The van der Waals surface area contributed by atoms with Crippen LogP contribution >= 0.6 is 0 Å². The predicted molar refractivity (Wildman–Crippen MR) is 196 cm³/mol. The van der Waals surface area contributed by atoms with E-state index in [1.165, 1.54) is 69.3 Å². The Morgan fingerprint density at radius 1 is 0.617 bits per heavy atom. The van der Waals surface area contributed by atoms with Crippen molar-refractivity contribution in [2.24, 2.45) is 0 Å². The van der Waals surface area contributed by atoms with Crippen molar-refractivity contribution >= 4 is 22.5 Å². The predicted octanol–water partition coefficient (Wildman–Crippen LogP) is 11.2. The molecule has 3 aliphatic rings. The number of piperidine rings is 1. The van der Waals surface area contributed by atoms with Crippen molar-refractivity contribution in [3.8, 4) is 28.0 Å². The van der Waals surface area contributed by atoms with Gasteiger partial charge in [-0.3, -0.25) is 0 Å². The summed E-state index contributed by atoms with van der Waals surface area (Å²) in [5, 5.41) is 2.41. The first-order valence-corrected chi connectivity index (χ1v) is 17.1. The van der Waals surface area contributed by atoms with E-state index in [-0.39, 0.29) is 5.41 Å². The molecule has 2 heteroatoms. The Hall–Kier alpha value is -5.08. The molecule has 6 aromatic carbocycles. The summed E-state index contributed by atoms with van der Waals surface area (Å²) in [7, 11) is 0. The largest absolute Gasteiger partial charge is 0.472 e. The molecule has 1 fully saturated rings. The number of fused-ring (bicyclic) bond motifs is 8. The lowest BCUT2D eigenvalue weighted by atomic mass is 9.76. The van der Waals surface area contributed by atoms with Gasteiger partial charge in [-0.2, -0.15) is 0 Å². The molecule has 1 aliphatic carbocycles. The summed E-state index contributed by atoms with van der Waals surface area (Å²) in [6.07, 6.45) is 8.54. The van der Waals surface area contributed by atoms with E-state index in [0.717, 1.165) is 35.4 Å². The summed E-state index contributed by atoms with van der Waals surface area (Å²) < 4.78 is 7.50. The maximum atomic E-state index is 7.50. The summed E-state index contributed by atoms with van der Waals surface area (Å²) in [6.45, 7) is 7.03. The Morgan fingerprint density at radius 2 is 1.28 bits per heavy atom. The van der Waals surface area contributed by atoms with Crippen molar-refractivity contribution in [3.05, 3.63) is 161 Å². The monoisotopic (exact) mass is 609 g/mol. The molecule has 0 N–H and O–H groups in total. The van der Waals surface area contributed by atoms with Crippen molar-refractivity contribution in [1.82, 2.24) is 0 Å². The number of ether oxygens (including phenoxy) is 1. The van der Waals surface area contributed by atoms with E-state index in [0.29, 0.717) is 0 Å². The van der Waals surface area contributed by atoms with Crippen LogP contribution in [0.2, 0.25) is 0 Å². The van der Waals surface area contributed by atoms with Crippen LogP contribution in [0, 0.1) is 0 Å². The van der Waals surface area contributed by atoms with Crippen LogP contribution in [-0.2, 0) is 11.0 Å².